The van der Waals surface area contributed by atoms with Gasteiger partial charge >= 0.3 is 0 Å². The van der Waals surface area contributed by atoms with Crippen LogP contribution in [0.2, 0.25) is 0 Å². The average Bonchev–Trinajstić information content (AvgIpc) is 2.54. The predicted molar refractivity (Wildman–Crippen MR) is 73.9 cm³/mol. The SMILES string of the molecule is O=C([O-])[C@H]1CCCN(S(=O)(=O)c2ccc3c(c2)OCCO3)C1. The summed E-state index contributed by atoms with van der Waals surface area (Å²) in [5.74, 6) is -1.07. The second-order valence-corrected chi connectivity index (χ2v) is 7.26. The predicted octanol–water partition coefficient (Wildman–Crippen LogP) is -0.392. The number of benzene rings is 1. The maximum absolute atomic E-state index is 12.7. The number of carboxylic acid groups (broad SMARTS) is 1. The van der Waals surface area contributed by atoms with Crippen molar-refractivity contribution >= 4 is 16.0 Å². The molecule has 0 radical (unpaired) electrons. The zero-order valence-electron chi connectivity index (χ0n) is 11.9. The minimum Gasteiger partial charge on any atom is -0.550 e. The first-order valence-electron chi connectivity index (χ1n) is 7.09. The van der Waals surface area contributed by atoms with Gasteiger partial charge in [-0.05, 0) is 25.0 Å². The normalized spacial score (nSPS) is 22.3. The van der Waals surface area contributed by atoms with E-state index < -0.39 is 21.9 Å². The van der Waals surface area contributed by atoms with Crippen LogP contribution in [0.15, 0.2) is 23.1 Å². The molecule has 0 spiro atoms. The van der Waals surface area contributed by atoms with E-state index in [-0.39, 0.29) is 11.4 Å². The van der Waals surface area contributed by atoms with E-state index in [1.807, 2.05) is 0 Å². The topological polar surface area (TPSA) is 96.0 Å². The summed E-state index contributed by atoms with van der Waals surface area (Å²) in [6, 6.07) is 4.43. The van der Waals surface area contributed by atoms with E-state index >= 15 is 0 Å². The molecule has 120 valence electrons. The number of ether oxygens (including phenoxy) is 2. The molecule has 3 rings (SSSR count). The summed E-state index contributed by atoms with van der Waals surface area (Å²) in [5.41, 5.74) is 0. The van der Waals surface area contributed by atoms with E-state index in [1.165, 1.54) is 16.4 Å². The van der Waals surface area contributed by atoms with Gasteiger partial charge in [0.1, 0.15) is 13.2 Å². The third-order valence-electron chi connectivity index (χ3n) is 3.87. The maximum atomic E-state index is 12.7. The van der Waals surface area contributed by atoms with E-state index in [0.717, 1.165) is 0 Å². The standard InChI is InChI=1S/C14H17NO6S/c16-14(17)10-2-1-5-15(9-10)22(18,19)11-3-4-12-13(8-11)21-7-6-20-12/h3-4,8,10H,1-2,5-7,9H2,(H,16,17)/p-1/t10-/m0/s1. The molecule has 2 heterocycles. The first kappa shape index (κ1) is 15.1. The summed E-state index contributed by atoms with van der Waals surface area (Å²) < 4.78 is 37.3. The number of sulfonamides is 1. The van der Waals surface area contributed by atoms with Crippen molar-refractivity contribution in [1.82, 2.24) is 4.31 Å². The Balaban J connectivity index is 1.87. The highest BCUT2D eigenvalue weighted by molar-refractivity contribution is 7.89. The zero-order valence-corrected chi connectivity index (χ0v) is 12.7. The molecule has 1 aromatic rings. The van der Waals surface area contributed by atoms with Gasteiger partial charge in [0.2, 0.25) is 10.0 Å². The van der Waals surface area contributed by atoms with Gasteiger partial charge < -0.3 is 19.4 Å². The molecule has 0 saturated carbocycles. The third kappa shape index (κ3) is 2.76. The van der Waals surface area contributed by atoms with Gasteiger partial charge in [0, 0.05) is 31.0 Å². The Kier molecular flexibility index (Phi) is 3.96. The number of carbonyl (C=O) groups excluding carboxylic acids is 1. The minimum atomic E-state index is -3.76. The first-order valence-corrected chi connectivity index (χ1v) is 8.53. The number of carbonyl (C=O) groups is 1. The Bertz CT molecular complexity index is 687. The van der Waals surface area contributed by atoms with Gasteiger partial charge in [-0.1, -0.05) is 0 Å². The van der Waals surface area contributed by atoms with Gasteiger partial charge in [0.05, 0.1) is 4.90 Å². The number of rotatable bonds is 3. The molecule has 1 fully saturated rings. The van der Waals surface area contributed by atoms with E-state index in [4.69, 9.17) is 9.47 Å². The van der Waals surface area contributed by atoms with E-state index in [9.17, 15) is 18.3 Å². The molecule has 7 nitrogen and oxygen atoms in total. The van der Waals surface area contributed by atoms with Gasteiger partial charge in [0.25, 0.3) is 0 Å². The third-order valence-corrected chi connectivity index (χ3v) is 5.73. The Morgan fingerprint density at radius 2 is 1.95 bits per heavy atom. The van der Waals surface area contributed by atoms with Crippen LogP contribution in [0, 0.1) is 5.92 Å². The number of piperidine rings is 1. The first-order chi connectivity index (χ1) is 10.5. The van der Waals surface area contributed by atoms with Gasteiger partial charge in [-0.15, -0.1) is 0 Å². The molecular weight excluding hydrogens is 310 g/mol. The number of nitrogens with zero attached hydrogens (tertiary/aromatic N) is 1. The van der Waals surface area contributed by atoms with Crippen LogP contribution in [0.4, 0.5) is 0 Å². The van der Waals surface area contributed by atoms with Crippen molar-refractivity contribution < 1.29 is 27.8 Å². The molecular formula is C14H16NO6S-. The zero-order chi connectivity index (χ0) is 15.7. The smallest absolute Gasteiger partial charge is 0.243 e. The molecule has 1 saturated heterocycles. The number of hydrogen-bond donors (Lipinski definition) is 0. The number of aliphatic carboxylic acids is 1. The van der Waals surface area contributed by atoms with Crippen molar-refractivity contribution in [2.75, 3.05) is 26.3 Å². The fourth-order valence-electron chi connectivity index (χ4n) is 2.69. The van der Waals surface area contributed by atoms with Crippen molar-refractivity contribution in [3.05, 3.63) is 18.2 Å². The van der Waals surface area contributed by atoms with Crippen LogP contribution in [-0.2, 0) is 14.8 Å². The van der Waals surface area contributed by atoms with Gasteiger partial charge in [-0.2, -0.15) is 4.31 Å². The molecule has 1 atom stereocenters. The Morgan fingerprint density at radius 1 is 1.23 bits per heavy atom. The minimum absolute atomic E-state index is 0.0564. The highest BCUT2D eigenvalue weighted by Crippen LogP contribution is 2.34. The van der Waals surface area contributed by atoms with Crippen molar-refractivity contribution in [3.63, 3.8) is 0 Å². The second-order valence-electron chi connectivity index (χ2n) is 5.33. The molecule has 0 aliphatic carbocycles. The van der Waals surface area contributed by atoms with Crippen LogP contribution in [0.1, 0.15) is 12.8 Å². The quantitative estimate of drug-likeness (QED) is 0.750. The van der Waals surface area contributed by atoms with Crippen LogP contribution in [-0.4, -0.2) is 45.0 Å². The lowest BCUT2D eigenvalue weighted by Gasteiger charge is -2.32. The summed E-state index contributed by atoms with van der Waals surface area (Å²) in [6.07, 6.45) is 0.942. The lowest BCUT2D eigenvalue weighted by atomic mass is 10.0. The molecule has 22 heavy (non-hydrogen) atoms. The molecule has 1 aromatic carbocycles. The average molecular weight is 326 g/mol. The molecule has 8 heteroatoms. The monoisotopic (exact) mass is 326 g/mol. The summed E-state index contributed by atoms with van der Waals surface area (Å²) in [6.45, 7) is 1.05. The molecule has 2 aliphatic heterocycles. The van der Waals surface area contributed by atoms with E-state index in [1.54, 1.807) is 6.07 Å². The lowest BCUT2D eigenvalue weighted by molar-refractivity contribution is -0.312. The Morgan fingerprint density at radius 3 is 2.68 bits per heavy atom. The lowest BCUT2D eigenvalue weighted by Crippen LogP contribution is -2.46. The molecule has 2 aliphatic rings. The van der Waals surface area contributed by atoms with Gasteiger partial charge in [-0.25, -0.2) is 8.42 Å². The largest absolute Gasteiger partial charge is 0.550 e. The van der Waals surface area contributed by atoms with Gasteiger partial charge in [-0.3, -0.25) is 0 Å². The molecule has 0 N–H and O–H groups in total. The van der Waals surface area contributed by atoms with Crippen molar-refractivity contribution in [2.24, 2.45) is 5.92 Å². The van der Waals surface area contributed by atoms with Crippen LogP contribution < -0.4 is 14.6 Å². The molecule has 0 aromatic heterocycles. The fraction of sp³-hybridized carbons (Fsp3) is 0.500. The Labute approximate surface area is 128 Å². The fourth-order valence-corrected chi connectivity index (χ4v) is 4.23. The van der Waals surface area contributed by atoms with Gasteiger partial charge in [0.15, 0.2) is 11.5 Å². The molecule has 0 bridgehead atoms. The molecule has 0 unspecified atom stereocenters. The van der Waals surface area contributed by atoms with Crippen molar-refractivity contribution in [1.29, 1.82) is 0 Å². The van der Waals surface area contributed by atoms with E-state index in [0.29, 0.717) is 44.1 Å². The Hall–Kier alpha value is -1.80. The maximum Gasteiger partial charge on any atom is 0.243 e. The van der Waals surface area contributed by atoms with E-state index in [2.05, 4.69) is 0 Å². The van der Waals surface area contributed by atoms with Crippen LogP contribution >= 0.6 is 0 Å². The number of fused-ring (bicyclic) bond motifs is 1. The van der Waals surface area contributed by atoms with Crippen LogP contribution in [0.5, 0.6) is 11.5 Å². The highest BCUT2D eigenvalue weighted by atomic mass is 32.2. The van der Waals surface area contributed by atoms with Crippen molar-refractivity contribution in [2.45, 2.75) is 17.7 Å². The number of carboxylic acids is 1. The van der Waals surface area contributed by atoms with Crippen LogP contribution in [0.25, 0.3) is 0 Å². The summed E-state index contributed by atoms with van der Waals surface area (Å²) in [5, 5.41) is 11.0. The summed E-state index contributed by atoms with van der Waals surface area (Å²) >= 11 is 0. The van der Waals surface area contributed by atoms with Crippen molar-refractivity contribution in [3.8, 4) is 11.5 Å². The van der Waals surface area contributed by atoms with Crippen LogP contribution in [0.3, 0.4) is 0 Å². The molecule has 0 amide bonds. The summed E-state index contributed by atoms with van der Waals surface area (Å²) in [7, 11) is -3.76. The second kappa shape index (κ2) is 5.77. The highest BCUT2D eigenvalue weighted by Gasteiger charge is 2.31. The number of hydrogen-bond acceptors (Lipinski definition) is 6. The summed E-state index contributed by atoms with van der Waals surface area (Å²) in [4.78, 5) is 11.1.